The lowest BCUT2D eigenvalue weighted by Crippen LogP contribution is -2.33. The summed E-state index contributed by atoms with van der Waals surface area (Å²) in [6.45, 7) is 3.04. The van der Waals surface area contributed by atoms with Crippen molar-refractivity contribution in [1.29, 1.82) is 0 Å². The average Bonchev–Trinajstić information content (AvgIpc) is 2.61. The van der Waals surface area contributed by atoms with E-state index in [4.69, 9.17) is 0 Å². The molecular formula is C18H20FN3O4S. The Hall–Kier alpha value is -2.78. The van der Waals surface area contributed by atoms with Crippen LogP contribution in [0.3, 0.4) is 0 Å². The Morgan fingerprint density at radius 3 is 2.26 bits per heavy atom. The smallest absolute Gasteiger partial charge is 0.251 e. The highest BCUT2D eigenvalue weighted by atomic mass is 32.2. The topological polar surface area (TPSA) is 104 Å². The third-order valence-electron chi connectivity index (χ3n) is 3.38. The third-order valence-corrected chi connectivity index (χ3v) is 5.05. The molecule has 0 radical (unpaired) electrons. The van der Waals surface area contributed by atoms with Crippen LogP contribution in [-0.2, 0) is 14.8 Å². The Bertz CT molecular complexity index is 928. The van der Waals surface area contributed by atoms with Crippen molar-refractivity contribution < 1.29 is 22.4 Å². The Balaban J connectivity index is 1.94. The van der Waals surface area contributed by atoms with E-state index in [9.17, 15) is 22.4 Å². The summed E-state index contributed by atoms with van der Waals surface area (Å²) < 4.78 is 40.0. The van der Waals surface area contributed by atoms with Crippen molar-refractivity contribution in [3.63, 3.8) is 0 Å². The standard InChI is InChI=1S/C18H20FN3O4S/c1-12(2)22-27(25,26)14-9-7-13(8-10-14)18(24)20-11-17(23)21-16-6-4-3-5-15(16)19/h3-10,12,22H,11H2,1-2H3,(H,20,24)(H,21,23). The number of carbonyl (C=O) groups excluding carboxylic acids is 2. The van der Waals surface area contributed by atoms with E-state index in [2.05, 4.69) is 15.4 Å². The maximum Gasteiger partial charge on any atom is 0.251 e. The number of sulfonamides is 1. The van der Waals surface area contributed by atoms with Crippen molar-refractivity contribution in [2.24, 2.45) is 0 Å². The van der Waals surface area contributed by atoms with Gasteiger partial charge in [-0.1, -0.05) is 12.1 Å². The second kappa shape index (κ2) is 8.74. The van der Waals surface area contributed by atoms with Crippen LogP contribution in [0, 0.1) is 5.82 Å². The summed E-state index contributed by atoms with van der Waals surface area (Å²) in [5, 5.41) is 4.74. The molecule has 0 saturated carbocycles. The molecule has 0 aliphatic carbocycles. The number of para-hydroxylation sites is 1. The maximum absolute atomic E-state index is 13.5. The third kappa shape index (κ3) is 5.87. The van der Waals surface area contributed by atoms with E-state index in [0.717, 1.165) is 0 Å². The summed E-state index contributed by atoms with van der Waals surface area (Å²) in [5.74, 6) is -1.72. The average molecular weight is 393 g/mol. The maximum atomic E-state index is 13.5. The van der Waals surface area contributed by atoms with Gasteiger partial charge in [-0.15, -0.1) is 0 Å². The van der Waals surface area contributed by atoms with Gasteiger partial charge in [0.1, 0.15) is 5.82 Å². The van der Waals surface area contributed by atoms with E-state index in [1.54, 1.807) is 19.9 Å². The van der Waals surface area contributed by atoms with Crippen LogP contribution < -0.4 is 15.4 Å². The molecule has 2 rings (SSSR count). The van der Waals surface area contributed by atoms with E-state index < -0.39 is 27.7 Å². The number of rotatable bonds is 7. The van der Waals surface area contributed by atoms with Gasteiger partial charge in [-0.05, 0) is 50.2 Å². The molecule has 3 N–H and O–H groups in total. The van der Waals surface area contributed by atoms with E-state index >= 15 is 0 Å². The molecule has 0 spiro atoms. The zero-order valence-corrected chi connectivity index (χ0v) is 15.6. The fourth-order valence-corrected chi connectivity index (χ4v) is 3.43. The minimum Gasteiger partial charge on any atom is -0.343 e. The summed E-state index contributed by atoms with van der Waals surface area (Å²) in [4.78, 5) is 23.9. The predicted octanol–water partition coefficient (Wildman–Crippen LogP) is 1.88. The molecule has 0 fully saturated rings. The number of carbonyl (C=O) groups is 2. The molecule has 7 nitrogen and oxygen atoms in total. The molecular weight excluding hydrogens is 373 g/mol. The predicted molar refractivity (Wildman–Crippen MR) is 99.3 cm³/mol. The fourth-order valence-electron chi connectivity index (χ4n) is 2.18. The van der Waals surface area contributed by atoms with Gasteiger partial charge >= 0.3 is 0 Å². The lowest BCUT2D eigenvalue weighted by atomic mass is 10.2. The van der Waals surface area contributed by atoms with Crippen LogP contribution in [0.15, 0.2) is 53.4 Å². The summed E-state index contributed by atoms with van der Waals surface area (Å²) in [5.41, 5.74) is 0.209. The number of anilines is 1. The van der Waals surface area contributed by atoms with Crippen molar-refractivity contribution in [2.75, 3.05) is 11.9 Å². The molecule has 0 aliphatic rings. The fraction of sp³-hybridized carbons (Fsp3) is 0.222. The van der Waals surface area contributed by atoms with Crippen LogP contribution in [0.4, 0.5) is 10.1 Å². The van der Waals surface area contributed by atoms with Crippen LogP contribution in [-0.4, -0.2) is 32.8 Å². The van der Waals surface area contributed by atoms with Gasteiger partial charge in [-0.25, -0.2) is 17.5 Å². The molecule has 144 valence electrons. The lowest BCUT2D eigenvalue weighted by molar-refractivity contribution is -0.115. The Kier molecular flexibility index (Phi) is 6.65. The minimum atomic E-state index is -3.65. The van der Waals surface area contributed by atoms with Crippen molar-refractivity contribution in [1.82, 2.24) is 10.0 Å². The van der Waals surface area contributed by atoms with Crippen molar-refractivity contribution in [2.45, 2.75) is 24.8 Å². The van der Waals surface area contributed by atoms with Crippen molar-refractivity contribution >= 4 is 27.5 Å². The summed E-state index contributed by atoms with van der Waals surface area (Å²) in [6.07, 6.45) is 0. The number of amides is 2. The molecule has 0 aliphatic heterocycles. The molecule has 2 aromatic carbocycles. The Morgan fingerprint density at radius 1 is 1.04 bits per heavy atom. The molecule has 2 aromatic rings. The number of nitrogens with one attached hydrogen (secondary N) is 3. The molecule has 0 heterocycles. The molecule has 0 atom stereocenters. The second-order valence-corrected chi connectivity index (χ2v) is 7.73. The zero-order chi connectivity index (χ0) is 20.0. The first kappa shape index (κ1) is 20.5. The summed E-state index contributed by atoms with van der Waals surface area (Å²) in [7, 11) is -3.65. The molecule has 27 heavy (non-hydrogen) atoms. The Labute approximate surface area is 157 Å². The molecule has 0 saturated heterocycles. The first-order valence-corrected chi connectivity index (χ1v) is 9.62. The first-order chi connectivity index (χ1) is 12.7. The number of halogens is 1. The highest BCUT2D eigenvalue weighted by molar-refractivity contribution is 7.89. The Morgan fingerprint density at radius 2 is 1.67 bits per heavy atom. The van der Waals surface area contributed by atoms with Gasteiger partial charge < -0.3 is 10.6 Å². The number of hydrogen-bond donors (Lipinski definition) is 3. The van der Waals surface area contributed by atoms with E-state index in [0.29, 0.717) is 0 Å². The van der Waals surface area contributed by atoms with Crippen LogP contribution >= 0.6 is 0 Å². The number of hydrogen-bond acceptors (Lipinski definition) is 4. The first-order valence-electron chi connectivity index (χ1n) is 8.14. The molecule has 2 amide bonds. The summed E-state index contributed by atoms with van der Waals surface area (Å²) >= 11 is 0. The molecule has 0 bridgehead atoms. The summed E-state index contributed by atoms with van der Waals surface area (Å²) in [6, 6.07) is 10.7. The zero-order valence-electron chi connectivity index (χ0n) is 14.8. The van der Waals surface area contributed by atoms with Gasteiger partial charge in [0.25, 0.3) is 5.91 Å². The van der Waals surface area contributed by atoms with Crippen LogP contribution in [0.2, 0.25) is 0 Å². The van der Waals surface area contributed by atoms with Gasteiger partial charge in [0.05, 0.1) is 17.1 Å². The van der Waals surface area contributed by atoms with Gasteiger partial charge in [0.2, 0.25) is 15.9 Å². The van der Waals surface area contributed by atoms with Gasteiger partial charge in [0, 0.05) is 11.6 Å². The van der Waals surface area contributed by atoms with Gasteiger partial charge in [0.15, 0.2) is 0 Å². The number of benzene rings is 2. The normalized spacial score (nSPS) is 11.3. The van der Waals surface area contributed by atoms with E-state index in [1.165, 1.54) is 42.5 Å². The van der Waals surface area contributed by atoms with Crippen LogP contribution in [0.1, 0.15) is 24.2 Å². The largest absolute Gasteiger partial charge is 0.343 e. The minimum absolute atomic E-state index is 0.0176. The highest BCUT2D eigenvalue weighted by Gasteiger charge is 2.16. The van der Waals surface area contributed by atoms with Gasteiger partial charge in [-0.3, -0.25) is 9.59 Å². The molecule has 0 unspecified atom stereocenters. The van der Waals surface area contributed by atoms with Crippen molar-refractivity contribution in [3.05, 3.63) is 59.9 Å². The van der Waals surface area contributed by atoms with E-state index in [1.807, 2.05) is 0 Å². The van der Waals surface area contributed by atoms with Crippen LogP contribution in [0.25, 0.3) is 0 Å². The SMILES string of the molecule is CC(C)NS(=O)(=O)c1ccc(C(=O)NCC(=O)Nc2ccccc2F)cc1. The second-order valence-electron chi connectivity index (χ2n) is 6.01. The van der Waals surface area contributed by atoms with Crippen molar-refractivity contribution in [3.8, 4) is 0 Å². The monoisotopic (exact) mass is 393 g/mol. The quantitative estimate of drug-likeness (QED) is 0.668. The molecule has 9 heteroatoms. The van der Waals surface area contributed by atoms with E-state index in [-0.39, 0.29) is 28.7 Å². The molecule has 0 aromatic heterocycles. The highest BCUT2D eigenvalue weighted by Crippen LogP contribution is 2.12. The van der Waals surface area contributed by atoms with Gasteiger partial charge in [-0.2, -0.15) is 0 Å². The van der Waals surface area contributed by atoms with Crippen LogP contribution in [0.5, 0.6) is 0 Å². The lowest BCUT2D eigenvalue weighted by Gasteiger charge is -2.10.